The van der Waals surface area contributed by atoms with Crippen LogP contribution < -0.4 is 0 Å². The lowest BCUT2D eigenvalue weighted by Crippen LogP contribution is -1.84. The zero-order chi connectivity index (χ0) is 9.26. The highest BCUT2D eigenvalue weighted by Gasteiger charge is 2.01. The molecule has 0 amide bonds. The number of aromatic amines is 1. The smallest absolute Gasteiger partial charge is 0.126 e. The van der Waals surface area contributed by atoms with E-state index in [4.69, 9.17) is 0 Å². The number of rotatable bonds is 1. The number of hydrogen-bond acceptors (Lipinski definition) is 1. The Morgan fingerprint density at radius 2 is 2.15 bits per heavy atom. The van der Waals surface area contributed by atoms with Crippen molar-refractivity contribution >= 4 is 0 Å². The van der Waals surface area contributed by atoms with Gasteiger partial charge < -0.3 is 0 Å². The first-order valence-corrected chi connectivity index (χ1v) is 4.03. The summed E-state index contributed by atoms with van der Waals surface area (Å²) in [5.41, 5.74) is 2.31. The molecule has 1 heterocycles. The molecular weight excluding hydrogens is 167 g/mol. The minimum Gasteiger partial charge on any atom is -0.278 e. The average molecular weight is 176 g/mol. The second-order valence-electron chi connectivity index (χ2n) is 2.93. The fourth-order valence-corrected chi connectivity index (χ4v) is 1.18. The van der Waals surface area contributed by atoms with Crippen molar-refractivity contribution in [1.82, 2.24) is 10.2 Å². The standard InChI is InChI=1S/C10H9FN2/c1-7-2-3-8(6-9(7)11)10-4-5-12-13-10/h2-6H,1H3,(H,12,13). The molecule has 0 radical (unpaired) electrons. The molecule has 0 bridgehead atoms. The van der Waals surface area contributed by atoms with Crippen molar-refractivity contribution in [2.24, 2.45) is 0 Å². The molecule has 66 valence electrons. The summed E-state index contributed by atoms with van der Waals surface area (Å²) >= 11 is 0. The number of H-pyrrole nitrogens is 1. The van der Waals surface area contributed by atoms with E-state index in [0.29, 0.717) is 5.56 Å². The van der Waals surface area contributed by atoms with E-state index in [1.54, 1.807) is 19.2 Å². The number of aryl methyl sites for hydroxylation is 1. The molecule has 0 unspecified atom stereocenters. The van der Waals surface area contributed by atoms with Crippen LogP contribution in [0.5, 0.6) is 0 Å². The van der Waals surface area contributed by atoms with Gasteiger partial charge in [0.25, 0.3) is 0 Å². The van der Waals surface area contributed by atoms with Crippen molar-refractivity contribution in [3.63, 3.8) is 0 Å². The molecule has 2 rings (SSSR count). The molecule has 2 aromatic rings. The Bertz CT molecular complexity index is 407. The largest absolute Gasteiger partial charge is 0.278 e. The summed E-state index contributed by atoms with van der Waals surface area (Å²) in [6.07, 6.45) is 1.65. The van der Waals surface area contributed by atoms with Gasteiger partial charge in [-0.25, -0.2) is 4.39 Å². The summed E-state index contributed by atoms with van der Waals surface area (Å²) in [5, 5.41) is 6.59. The summed E-state index contributed by atoms with van der Waals surface area (Å²) in [7, 11) is 0. The fraction of sp³-hybridized carbons (Fsp3) is 0.100. The molecule has 1 aromatic carbocycles. The lowest BCUT2D eigenvalue weighted by atomic mass is 10.1. The molecule has 2 nitrogen and oxygen atoms in total. The summed E-state index contributed by atoms with van der Waals surface area (Å²) in [6.45, 7) is 1.74. The molecule has 0 atom stereocenters. The van der Waals surface area contributed by atoms with Crippen molar-refractivity contribution < 1.29 is 4.39 Å². The quantitative estimate of drug-likeness (QED) is 0.710. The molecule has 0 aliphatic heterocycles. The van der Waals surface area contributed by atoms with E-state index in [1.165, 1.54) is 6.07 Å². The molecule has 13 heavy (non-hydrogen) atoms. The van der Waals surface area contributed by atoms with Gasteiger partial charge in [0.05, 0.1) is 5.69 Å². The molecule has 3 heteroatoms. The average Bonchev–Trinajstić information content (AvgIpc) is 2.62. The predicted molar refractivity (Wildman–Crippen MR) is 48.7 cm³/mol. The Hall–Kier alpha value is -1.64. The SMILES string of the molecule is Cc1ccc(-c2ccn[nH]2)cc1F. The lowest BCUT2D eigenvalue weighted by Gasteiger charge is -1.99. The van der Waals surface area contributed by atoms with Crippen molar-refractivity contribution in [3.8, 4) is 11.3 Å². The third-order valence-corrected chi connectivity index (χ3v) is 1.98. The molecule has 1 N–H and O–H groups in total. The van der Waals surface area contributed by atoms with Gasteiger partial charge in [-0.1, -0.05) is 12.1 Å². The van der Waals surface area contributed by atoms with Gasteiger partial charge in [0.1, 0.15) is 5.82 Å². The zero-order valence-corrected chi connectivity index (χ0v) is 7.21. The minimum absolute atomic E-state index is 0.188. The van der Waals surface area contributed by atoms with Gasteiger partial charge in [-0.2, -0.15) is 5.10 Å². The van der Waals surface area contributed by atoms with E-state index < -0.39 is 0 Å². The summed E-state index contributed by atoms with van der Waals surface area (Å²) in [5.74, 6) is -0.188. The van der Waals surface area contributed by atoms with Crippen LogP contribution in [0.4, 0.5) is 4.39 Å². The number of benzene rings is 1. The van der Waals surface area contributed by atoms with E-state index in [0.717, 1.165) is 11.3 Å². The van der Waals surface area contributed by atoms with Gasteiger partial charge in [0, 0.05) is 11.8 Å². The third-order valence-electron chi connectivity index (χ3n) is 1.98. The van der Waals surface area contributed by atoms with E-state index in [-0.39, 0.29) is 5.82 Å². The van der Waals surface area contributed by atoms with E-state index in [9.17, 15) is 4.39 Å². The highest BCUT2D eigenvalue weighted by Crippen LogP contribution is 2.18. The Kier molecular flexibility index (Phi) is 1.85. The second-order valence-corrected chi connectivity index (χ2v) is 2.93. The monoisotopic (exact) mass is 176 g/mol. The van der Waals surface area contributed by atoms with Gasteiger partial charge in [-0.3, -0.25) is 5.10 Å². The number of halogens is 1. The van der Waals surface area contributed by atoms with Gasteiger partial charge in [0.15, 0.2) is 0 Å². The topological polar surface area (TPSA) is 28.7 Å². The molecule has 0 spiro atoms. The van der Waals surface area contributed by atoms with Crippen LogP contribution >= 0.6 is 0 Å². The highest BCUT2D eigenvalue weighted by molar-refractivity contribution is 5.58. The van der Waals surface area contributed by atoms with Crippen LogP contribution in [0.1, 0.15) is 5.56 Å². The Morgan fingerprint density at radius 1 is 1.31 bits per heavy atom. The van der Waals surface area contributed by atoms with Crippen molar-refractivity contribution in [2.75, 3.05) is 0 Å². The molecule has 0 saturated carbocycles. The maximum Gasteiger partial charge on any atom is 0.126 e. The summed E-state index contributed by atoms with van der Waals surface area (Å²) in [4.78, 5) is 0. The number of aromatic nitrogens is 2. The zero-order valence-electron chi connectivity index (χ0n) is 7.21. The molecular formula is C10H9FN2. The van der Waals surface area contributed by atoms with Gasteiger partial charge in [-0.05, 0) is 24.6 Å². The second kappa shape index (κ2) is 3.01. The highest BCUT2D eigenvalue weighted by atomic mass is 19.1. The molecule has 0 saturated heterocycles. The predicted octanol–water partition coefficient (Wildman–Crippen LogP) is 2.52. The fourth-order valence-electron chi connectivity index (χ4n) is 1.18. The maximum absolute atomic E-state index is 13.1. The summed E-state index contributed by atoms with van der Waals surface area (Å²) < 4.78 is 13.1. The van der Waals surface area contributed by atoms with Crippen LogP contribution in [0, 0.1) is 12.7 Å². The van der Waals surface area contributed by atoms with Crippen LogP contribution in [0.3, 0.4) is 0 Å². The van der Waals surface area contributed by atoms with Crippen molar-refractivity contribution in [1.29, 1.82) is 0 Å². The summed E-state index contributed by atoms with van der Waals surface area (Å²) in [6, 6.07) is 6.93. The van der Waals surface area contributed by atoms with Crippen molar-refractivity contribution in [2.45, 2.75) is 6.92 Å². The Labute approximate surface area is 75.4 Å². The number of hydrogen-bond donors (Lipinski definition) is 1. The third kappa shape index (κ3) is 1.45. The van der Waals surface area contributed by atoms with E-state index >= 15 is 0 Å². The van der Waals surface area contributed by atoms with Crippen molar-refractivity contribution in [3.05, 3.63) is 41.8 Å². The van der Waals surface area contributed by atoms with Gasteiger partial charge >= 0.3 is 0 Å². The number of nitrogens with zero attached hydrogens (tertiary/aromatic N) is 1. The first-order chi connectivity index (χ1) is 6.27. The first-order valence-electron chi connectivity index (χ1n) is 4.03. The van der Waals surface area contributed by atoms with E-state index in [2.05, 4.69) is 10.2 Å². The first kappa shape index (κ1) is 7.98. The van der Waals surface area contributed by atoms with Crippen LogP contribution in [-0.2, 0) is 0 Å². The normalized spacial score (nSPS) is 10.3. The number of nitrogens with one attached hydrogen (secondary N) is 1. The molecule has 0 fully saturated rings. The molecule has 1 aromatic heterocycles. The Balaban J connectivity index is 2.49. The van der Waals surface area contributed by atoms with Crippen LogP contribution in [0.15, 0.2) is 30.5 Å². The van der Waals surface area contributed by atoms with Crippen LogP contribution in [0.2, 0.25) is 0 Å². The van der Waals surface area contributed by atoms with Crippen LogP contribution in [0.25, 0.3) is 11.3 Å². The van der Waals surface area contributed by atoms with Crippen LogP contribution in [-0.4, -0.2) is 10.2 Å². The minimum atomic E-state index is -0.188. The van der Waals surface area contributed by atoms with E-state index in [1.807, 2.05) is 12.1 Å². The maximum atomic E-state index is 13.1. The Morgan fingerprint density at radius 3 is 2.77 bits per heavy atom. The lowest BCUT2D eigenvalue weighted by molar-refractivity contribution is 0.619. The van der Waals surface area contributed by atoms with Gasteiger partial charge in [-0.15, -0.1) is 0 Å². The molecule has 0 aliphatic rings. The van der Waals surface area contributed by atoms with Gasteiger partial charge in [0.2, 0.25) is 0 Å². The molecule has 0 aliphatic carbocycles.